The van der Waals surface area contributed by atoms with Gasteiger partial charge in [-0.3, -0.25) is 4.79 Å². The molecule has 1 saturated carbocycles. The van der Waals surface area contributed by atoms with Gasteiger partial charge in [-0.25, -0.2) is 9.97 Å². The molecule has 6 heteroatoms. The van der Waals surface area contributed by atoms with Crippen LogP contribution in [0.15, 0.2) is 18.6 Å². The van der Waals surface area contributed by atoms with E-state index in [0.29, 0.717) is 12.0 Å². The predicted molar refractivity (Wildman–Crippen MR) is 85.2 cm³/mol. The van der Waals surface area contributed by atoms with E-state index in [9.17, 15) is 4.79 Å². The number of likely N-dealkylation sites (tertiary alicyclic amines) is 1. The van der Waals surface area contributed by atoms with Gasteiger partial charge in [0.05, 0.1) is 17.2 Å². The van der Waals surface area contributed by atoms with Crippen molar-refractivity contribution < 1.29 is 4.79 Å². The number of piperidine rings is 1. The SMILES string of the molecule is Cc1nccn1[C@@H]1CCCN(C(=O)c2cnc(C3CC3)s2)C1. The van der Waals surface area contributed by atoms with Crippen LogP contribution in [0.3, 0.4) is 0 Å². The topological polar surface area (TPSA) is 51.0 Å². The third-order valence-corrected chi connectivity index (χ3v) is 5.75. The molecule has 0 N–H and O–H groups in total. The van der Waals surface area contributed by atoms with Gasteiger partial charge in [0.15, 0.2) is 0 Å². The number of aromatic nitrogens is 3. The van der Waals surface area contributed by atoms with E-state index in [1.807, 2.05) is 24.2 Å². The lowest BCUT2D eigenvalue weighted by Gasteiger charge is -2.33. The van der Waals surface area contributed by atoms with Crippen LogP contribution in [0.4, 0.5) is 0 Å². The summed E-state index contributed by atoms with van der Waals surface area (Å²) < 4.78 is 2.20. The van der Waals surface area contributed by atoms with Crippen LogP contribution < -0.4 is 0 Å². The number of rotatable bonds is 3. The van der Waals surface area contributed by atoms with Gasteiger partial charge >= 0.3 is 0 Å². The molecule has 2 aliphatic rings. The Morgan fingerprint density at radius 2 is 2.18 bits per heavy atom. The number of carbonyl (C=O) groups excluding carboxylic acids is 1. The molecule has 2 fully saturated rings. The van der Waals surface area contributed by atoms with E-state index in [-0.39, 0.29) is 5.91 Å². The number of carbonyl (C=O) groups is 1. The van der Waals surface area contributed by atoms with Crippen LogP contribution in [0.1, 0.15) is 58.1 Å². The summed E-state index contributed by atoms with van der Waals surface area (Å²) in [4.78, 5) is 24.2. The van der Waals surface area contributed by atoms with Crippen LogP contribution in [-0.4, -0.2) is 38.4 Å². The molecule has 4 rings (SSSR count). The number of thiazole rings is 1. The summed E-state index contributed by atoms with van der Waals surface area (Å²) in [6.07, 6.45) is 10.2. The fraction of sp³-hybridized carbons (Fsp3) is 0.562. The number of hydrogen-bond acceptors (Lipinski definition) is 4. The van der Waals surface area contributed by atoms with Crippen molar-refractivity contribution >= 4 is 17.2 Å². The van der Waals surface area contributed by atoms with Gasteiger partial charge < -0.3 is 9.47 Å². The molecular formula is C16H20N4OS. The van der Waals surface area contributed by atoms with Crippen molar-refractivity contribution in [3.63, 3.8) is 0 Å². The van der Waals surface area contributed by atoms with E-state index >= 15 is 0 Å². The van der Waals surface area contributed by atoms with E-state index in [1.165, 1.54) is 12.8 Å². The van der Waals surface area contributed by atoms with Crippen LogP contribution in [0.25, 0.3) is 0 Å². The molecule has 0 spiro atoms. The summed E-state index contributed by atoms with van der Waals surface area (Å²) in [5.74, 6) is 1.79. The minimum atomic E-state index is 0.145. The molecule has 0 aromatic carbocycles. The lowest BCUT2D eigenvalue weighted by Crippen LogP contribution is -2.40. The van der Waals surface area contributed by atoms with Crippen LogP contribution >= 0.6 is 11.3 Å². The number of hydrogen-bond donors (Lipinski definition) is 0. The third kappa shape index (κ3) is 2.56. The van der Waals surface area contributed by atoms with Gasteiger partial charge in [0, 0.05) is 31.4 Å². The van der Waals surface area contributed by atoms with Crippen molar-refractivity contribution in [2.24, 2.45) is 0 Å². The van der Waals surface area contributed by atoms with Gasteiger partial charge in [0.25, 0.3) is 5.91 Å². The second-order valence-corrected chi connectivity index (χ2v) is 7.33. The van der Waals surface area contributed by atoms with Crippen LogP contribution in [0, 0.1) is 6.92 Å². The van der Waals surface area contributed by atoms with E-state index in [0.717, 1.165) is 41.6 Å². The van der Waals surface area contributed by atoms with Gasteiger partial charge in [-0.05, 0) is 32.6 Å². The first-order chi connectivity index (χ1) is 10.7. The number of nitrogens with zero attached hydrogens (tertiary/aromatic N) is 4. The smallest absolute Gasteiger partial charge is 0.265 e. The predicted octanol–water partition coefficient (Wildman–Crippen LogP) is 3.00. The summed E-state index contributed by atoms with van der Waals surface area (Å²) in [6.45, 7) is 3.64. The molecule has 0 radical (unpaired) electrons. The third-order valence-electron chi connectivity index (χ3n) is 4.60. The van der Waals surface area contributed by atoms with Crippen molar-refractivity contribution in [2.75, 3.05) is 13.1 Å². The molecule has 116 valence electrons. The average molecular weight is 316 g/mol. The molecule has 2 aromatic rings. The van der Waals surface area contributed by atoms with E-state index in [1.54, 1.807) is 17.5 Å². The average Bonchev–Trinajstić information content (AvgIpc) is 3.11. The molecule has 1 aliphatic heterocycles. The molecule has 22 heavy (non-hydrogen) atoms. The standard InChI is InChI=1S/C16H20N4OS/c1-11-17-6-8-20(11)13-3-2-7-19(10-13)16(21)14-9-18-15(22-14)12-4-5-12/h6,8-9,12-13H,2-5,7,10H2,1H3/t13-/m1/s1. The van der Waals surface area contributed by atoms with Gasteiger partial charge in [-0.2, -0.15) is 0 Å². The first kappa shape index (κ1) is 13.9. The normalized spacial score (nSPS) is 22.0. The summed E-state index contributed by atoms with van der Waals surface area (Å²) in [6, 6.07) is 0.344. The summed E-state index contributed by atoms with van der Waals surface area (Å²) >= 11 is 1.59. The second kappa shape index (κ2) is 5.50. The van der Waals surface area contributed by atoms with Crippen LogP contribution in [0.2, 0.25) is 0 Å². The van der Waals surface area contributed by atoms with Gasteiger partial charge in [-0.1, -0.05) is 0 Å². The number of aryl methyl sites for hydroxylation is 1. The highest BCUT2D eigenvalue weighted by molar-refractivity contribution is 7.13. The van der Waals surface area contributed by atoms with Gasteiger partial charge in [-0.15, -0.1) is 11.3 Å². The zero-order chi connectivity index (χ0) is 15.1. The van der Waals surface area contributed by atoms with E-state index < -0.39 is 0 Å². The summed E-state index contributed by atoms with van der Waals surface area (Å²) in [5, 5.41) is 1.14. The minimum absolute atomic E-state index is 0.145. The highest BCUT2D eigenvalue weighted by Crippen LogP contribution is 2.42. The molecule has 1 atom stereocenters. The first-order valence-corrected chi connectivity index (χ1v) is 8.78. The zero-order valence-electron chi connectivity index (χ0n) is 12.7. The monoisotopic (exact) mass is 316 g/mol. The Kier molecular flexibility index (Phi) is 3.48. The molecule has 1 aliphatic carbocycles. The highest BCUT2D eigenvalue weighted by Gasteiger charge is 2.30. The van der Waals surface area contributed by atoms with Gasteiger partial charge in [0.2, 0.25) is 0 Å². The second-order valence-electron chi connectivity index (χ2n) is 6.27. The Hall–Kier alpha value is -1.69. The van der Waals surface area contributed by atoms with Crippen molar-refractivity contribution in [1.29, 1.82) is 0 Å². The fourth-order valence-electron chi connectivity index (χ4n) is 3.20. The van der Waals surface area contributed by atoms with Crippen molar-refractivity contribution in [1.82, 2.24) is 19.4 Å². The molecule has 5 nitrogen and oxygen atoms in total. The fourth-order valence-corrected chi connectivity index (χ4v) is 4.26. The summed E-state index contributed by atoms with van der Waals surface area (Å²) in [5.41, 5.74) is 0. The van der Waals surface area contributed by atoms with Crippen molar-refractivity contribution in [3.8, 4) is 0 Å². The lowest BCUT2D eigenvalue weighted by atomic mass is 10.1. The van der Waals surface area contributed by atoms with E-state index in [4.69, 9.17) is 0 Å². The van der Waals surface area contributed by atoms with Gasteiger partial charge in [0.1, 0.15) is 10.7 Å². The maximum atomic E-state index is 12.7. The Morgan fingerprint density at radius 1 is 1.32 bits per heavy atom. The molecule has 3 heterocycles. The Bertz CT molecular complexity index is 688. The zero-order valence-corrected chi connectivity index (χ0v) is 13.6. The molecule has 0 bridgehead atoms. The number of imidazole rings is 1. The minimum Gasteiger partial charge on any atom is -0.336 e. The van der Waals surface area contributed by atoms with Crippen molar-refractivity contribution in [2.45, 2.75) is 44.6 Å². The largest absolute Gasteiger partial charge is 0.336 e. The molecule has 2 aromatic heterocycles. The molecule has 1 amide bonds. The molecule has 1 saturated heterocycles. The maximum Gasteiger partial charge on any atom is 0.265 e. The first-order valence-electron chi connectivity index (χ1n) is 7.97. The Balaban J connectivity index is 1.49. The number of amides is 1. The summed E-state index contributed by atoms with van der Waals surface area (Å²) in [7, 11) is 0. The quantitative estimate of drug-likeness (QED) is 0.874. The van der Waals surface area contributed by atoms with Crippen LogP contribution in [0.5, 0.6) is 0 Å². The van der Waals surface area contributed by atoms with Crippen molar-refractivity contribution in [3.05, 3.63) is 34.3 Å². The van der Waals surface area contributed by atoms with Crippen LogP contribution in [-0.2, 0) is 0 Å². The highest BCUT2D eigenvalue weighted by atomic mass is 32.1. The lowest BCUT2D eigenvalue weighted by molar-refractivity contribution is 0.0683. The Labute approximate surface area is 134 Å². The molecule has 0 unspecified atom stereocenters. The molecular weight excluding hydrogens is 296 g/mol. The Morgan fingerprint density at radius 3 is 2.91 bits per heavy atom. The van der Waals surface area contributed by atoms with E-state index in [2.05, 4.69) is 14.5 Å². The maximum absolute atomic E-state index is 12.7.